The first-order valence-electron chi connectivity index (χ1n) is 7.73. The zero-order chi connectivity index (χ0) is 16.0. The summed E-state index contributed by atoms with van der Waals surface area (Å²) in [7, 11) is 0. The zero-order valence-corrected chi connectivity index (χ0v) is 12.3. The van der Waals surface area contributed by atoms with Crippen LogP contribution in [0.5, 0.6) is 0 Å². The van der Waals surface area contributed by atoms with Crippen molar-refractivity contribution in [1.29, 1.82) is 0 Å². The van der Waals surface area contributed by atoms with Crippen molar-refractivity contribution in [3.63, 3.8) is 0 Å². The maximum atomic E-state index is 13.0. The van der Waals surface area contributed by atoms with Crippen LogP contribution in [0.3, 0.4) is 0 Å². The quantitative estimate of drug-likeness (QED) is 0.682. The maximum Gasteiger partial charge on any atom is 0.416 e. The van der Waals surface area contributed by atoms with Gasteiger partial charge in [-0.05, 0) is 41.7 Å². The molecule has 0 saturated heterocycles. The molecule has 4 heteroatoms. The molecule has 0 radical (unpaired) electrons. The Balaban J connectivity index is 1.78. The van der Waals surface area contributed by atoms with E-state index < -0.39 is 11.7 Å². The average molecular weight is 315 g/mol. The van der Waals surface area contributed by atoms with E-state index in [1.54, 1.807) is 6.07 Å². The molecule has 3 atom stereocenters. The molecule has 23 heavy (non-hydrogen) atoms. The standard InChI is InChI=1S/C19H16F3N/c20-19(21,22)13-9-10-17-16(11-13)14-7-4-8-15(14)18(23-17)12-5-2-1-3-6-12/h1-7,9-11,14-15,18,23H,8H2/t14-,15-,18+/m1/s1. The van der Waals surface area contributed by atoms with Crippen molar-refractivity contribution in [1.82, 2.24) is 0 Å². The van der Waals surface area contributed by atoms with Gasteiger partial charge in [0, 0.05) is 11.6 Å². The lowest BCUT2D eigenvalue weighted by molar-refractivity contribution is -0.137. The SMILES string of the molecule is FC(F)(F)c1ccc2c(c1)[C@@H]1C=CC[C@H]1[C@H](c1ccccc1)N2. The number of hydrogen-bond donors (Lipinski definition) is 1. The fourth-order valence-corrected chi connectivity index (χ4v) is 3.76. The summed E-state index contributed by atoms with van der Waals surface area (Å²) in [4.78, 5) is 0. The lowest BCUT2D eigenvalue weighted by Crippen LogP contribution is -2.29. The second-order valence-electron chi connectivity index (χ2n) is 6.19. The Bertz CT molecular complexity index is 749. The number of anilines is 1. The van der Waals surface area contributed by atoms with Crippen molar-refractivity contribution >= 4 is 5.69 Å². The van der Waals surface area contributed by atoms with Crippen molar-refractivity contribution < 1.29 is 13.2 Å². The Morgan fingerprint density at radius 3 is 2.52 bits per heavy atom. The molecule has 1 N–H and O–H groups in total. The molecule has 0 unspecified atom stereocenters. The van der Waals surface area contributed by atoms with Crippen LogP contribution in [0.25, 0.3) is 0 Å². The molecular weight excluding hydrogens is 299 g/mol. The second kappa shape index (κ2) is 5.15. The van der Waals surface area contributed by atoms with E-state index in [0.29, 0.717) is 0 Å². The molecular formula is C19H16F3N. The molecule has 0 fully saturated rings. The Morgan fingerprint density at radius 2 is 1.78 bits per heavy atom. The molecule has 4 rings (SSSR count). The van der Waals surface area contributed by atoms with Crippen molar-refractivity contribution in [2.24, 2.45) is 5.92 Å². The Hall–Kier alpha value is -2.23. The first-order valence-corrected chi connectivity index (χ1v) is 7.73. The van der Waals surface area contributed by atoms with Crippen LogP contribution in [-0.2, 0) is 6.18 Å². The third kappa shape index (κ3) is 2.42. The van der Waals surface area contributed by atoms with Gasteiger partial charge < -0.3 is 5.32 Å². The summed E-state index contributed by atoms with van der Waals surface area (Å²) < 4.78 is 39.0. The van der Waals surface area contributed by atoms with Crippen molar-refractivity contribution in [3.05, 3.63) is 77.4 Å². The predicted molar refractivity (Wildman–Crippen MR) is 84.2 cm³/mol. The third-order valence-corrected chi connectivity index (χ3v) is 4.85. The number of fused-ring (bicyclic) bond motifs is 3. The van der Waals surface area contributed by atoms with Crippen molar-refractivity contribution in [2.75, 3.05) is 5.32 Å². The van der Waals surface area contributed by atoms with E-state index in [2.05, 4.69) is 29.6 Å². The first-order chi connectivity index (χ1) is 11.0. The van der Waals surface area contributed by atoms with E-state index in [-0.39, 0.29) is 17.9 Å². The molecule has 1 aliphatic heterocycles. The normalized spacial score (nSPS) is 25.6. The molecule has 0 bridgehead atoms. The van der Waals surface area contributed by atoms with Crippen LogP contribution in [0.2, 0.25) is 0 Å². The summed E-state index contributed by atoms with van der Waals surface area (Å²) in [5, 5.41) is 3.46. The lowest BCUT2D eigenvalue weighted by Gasteiger charge is -2.37. The Morgan fingerprint density at radius 1 is 1.00 bits per heavy atom. The molecule has 1 aliphatic carbocycles. The lowest BCUT2D eigenvalue weighted by atomic mass is 9.76. The van der Waals surface area contributed by atoms with Crippen LogP contribution < -0.4 is 5.32 Å². The number of hydrogen-bond acceptors (Lipinski definition) is 1. The van der Waals surface area contributed by atoms with Gasteiger partial charge in [-0.15, -0.1) is 0 Å². The van der Waals surface area contributed by atoms with Gasteiger partial charge in [0.15, 0.2) is 0 Å². The van der Waals surface area contributed by atoms with E-state index in [1.807, 2.05) is 18.2 Å². The molecule has 0 amide bonds. The average Bonchev–Trinajstić information content (AvgIpc) is 3.03. The fourth-order valence-electron chi connectivity index (χ4n) is 3.76. The molecule has 1 heterocycles. The highest BCUT2D eigenvalue weighted by atomic mass is 19.4. The van der Waals surface area contributed by atoms with Crippen LogP contribution in [-0.4, -0.2) is 0 Å². The molecule has 0 aromatic heterocycles. The van der Waals surface area contributed by atoms with Gasteiger partial charge in [-0.2, -0.15) is 13.2 Å². The van der Waals surface area contributed by atoms with Crippen LogP contribution in [0.4, 0.5) is 18.9 Å². The molecule has 0 saturated carbocycles. The Kier molecular flexibility index (Phi) is 3.22. The summed E-state index contributed by atoms with van der Waals surface area (Å²) in [5.74, 6) is 0.298. The van der Waals surface area contributed by atoms with Gasteiger partial charge >= 0.3 is 6.18 Å². The van der Waals surface area contributed by atoms with Gasteiger partial charge in [0.05, 0.1) is 11.6 Å². The van der Waals surface area contributed by atoms with Gasteiger partial charge in [-0.25, -0.2) is 0 Å². The highest BCUT2D eigenvalue weighted by molar-refractivity contribution is 5.61. The minimum absolute atomic E-state index is 0.0405. The number of alkyl halides is 3. The smallest absolute Gasteiger partial charge is 0.378 e. The molecule has 2 aliphatic rings. The van der Waals surface area contributed by atoms with Gasteiger partial charge in [0.2, 0.25) is 0 Å². The topological polar surface area (TPSA) is 12.0 Å². The number of nitrogens with one attached hydrogen (secondary N) is 1. The van der Waals surface area contributed by atoms with E-state index in [1.165, 1.54) is 11.6 Å². The van der Waals surface area contributed by atoms with E-state index in [4.69, 9.17) is 0 Å². The zero-order valence-electron chi connectivity index (χ0n) is 12.3. The van der Waals surface area contributed by atoms with Gasteiger partial charge in [-0.1, -0.05) is 42.5 Å². The van der Waals surface area contributed by atoms with Crippen molar-refractivity contribution in [3.8, 4) is 0 Å². The van der Waals surface area contributed by atoms with Crippen LogP contribution in [0.1, 0.15) is 35.1 Å². The van der Waals surface area contributed by atoms with E-state index in [0.717, 1.165) is 23.7 Å². The number of benzene rings is 2. The molecule has 2 aromatic rings. The number of rotatable bonds is 1. The summed E-state index contributed by atoms with van der Waals surface area (Å²) in [6.45, 7) is 0. The highest BCUT2D eigenvalue weighted by Gasteiger charge is 2.39. The van der Waals surface area contributed by atoms with Gasteiger partial charge in [0.1, 0.15) is 0 Å². The maximum absolute atomic E-state index is 13.0. The fraction of sp³-hybridized carbons (Fsp3) is 0.263. The number of halogens is 3. The van der Waals surface area contributed by atoms with Gasteiger partial charge in [-0.3, -0.25) is 0 Å². The summed E-state index contributed by atoms with van der Waals surface area (Å²) in [6, 6.07) is 14.3. The highest BCUT2D eigenvalue weighted by Crippen LogP contribution is 2.50. The summed E-state index contributed by atoms with van der Waals surface area (Å²) >= 11 is 0. The Labute approximate surface area is 132 Å². The second-order valence-corrected chi connectivity index (χ2v) is 6.19. The third-order valence-electron chi connectivity index (χ3n) is 4.85. The summed E-state index contributed by atoms with van der Waals surface area (Å²) in [6.07, 6.45) is 0.721. The van der Waals surface area contributed by atoms with E-state index in [9.17, 15) is 13.2 Å². The van der Waals surface area contributed by atoms with Gasteiger partial charge in [0.25, 0.3) is 0 Å². The minimum atomic E-state index is -4.30. The minimum Gasteiger partial charge on any atom is -0.378 e. The molecule has 0 spiro atoms. The van der Waals surface area contributed by atoms with Crippen molar-refractivity contribution in [2.45, 2.75) is 24.6 Å². The first kappa shape index (κ1) is 14.4. The summed E-state index contributed by atoms with van der Waals surface area (Å²) in [5.41, 5.74) is 2.16. The molecule has 118 valence electrons. The molecule has 2 aromatic carbocycles. The van der Waals surface area contributed by atoms with Crippen LogP contribution in [0, 0.1) is 5.92 Å². The predicted octanol–water partition coefficient (Wildman–Crippen LogP) is 5.53. The van der Waals surface area contributed by atoms with Crippen LogP contribution >= 0.6 is 0 Å². The number of allylic oxidation sites excluding steroid dienone is 2. The van der Waals surface area contributed by atoms with Crippen LogP contribution in [0.15, 0.2) is 60.7 Å². The largest absolute Gasteiger partial charge is 0.416 e. The monoisotopic (exact) mass is 315 g/mol. The van der Waals surface area contributed by atoms with E-state index >= 15 is 0 Å². The molecule has 1 nitrogen and oxygen atoms in total.